The second-order valence-corrected chi connectivity index (χ2v) is 4.34. The normalized spacial score (nSPS) is 10.4. The van der Waals surface area contributed by atoms with Crippen LogP contribution in [0.4, 0.5) is 18.9 Å². The van der Waals surface area contributed by atoms with Crippen molar-refractivity contribution in [2.24, 2.45) is 0 Å². The van der Waals surface area contributed by atoms with Gasteiger partial charge in [0.2, 0.25) is 0 Å². The van der Waals surface area contributed by atoms with Crippen molar-refractivity contribution in [1.29, 1.82) is 0 Å². The van der Waals surface area contributed by atoms with Gasteiger partial charge in [-0.05, 0) is 30.3 Å². The highest BCUT2D eigenvalue weighted by Gasteiger charge is 2.34. The Morgan fingerprint density at radius 3 is 2.33 bits per heavy atom. The van der Waals surface area contributed by atoms with Crippen LogP contribution in [0.3, 0.4) is 0 Å². The van der Waals surface area contributed by atoms with Crippen molar-refractivity contribution in [2.45, 2.75) is 6.18 Å². The van der Waals surface area contributed by atoms with E-state index in [9.17, 15) is 18.0 Å². The summed E-state index contributed by atoms with van der Waals surface area (Å²) in [7, 11) is 1.17. The summed E-state index contributed by atoms with van der Waals surface area (Å²) in [5, 5.41) is 0. The number of nitrogen functional groups attached to an aromatic ring is 1. The molecule has 2 rings (SSSR count). The van der Waals surface area contributed by atoms with Gasteiger partial charge >= 0.3 is 12.1 Å². The first-order valence-corrected chi connectivity index (χ1v) is 7.28. The summed E-state index contributed by atoms with van der Waals surface area (Å²) in [4.78, 5) is 11.5. The second kappa shape index (κ2) is 8.44. The molecule has 8 heteroatoms. The number of nitrogens with two attached hydrogens (primary N) is 1. The van der Waals surface area contributed by atoms with E-state index in [4.69, 9.17) is 10.5 Å². The quantitative estimate of drug-likeness (QED) is 0.488. The van der Waals surface area contributed by atoms with Gasteiger partial charge in [0.25, 0.3) is 0 Å². The minimum atomic E-state index is -4.55. The predicted molar refractivity (Wildman–Crippen MR) is 85.5 cm³/mol. The summed E-state index contributed by atoms with van der Waals surface area (Å²) < 4.78 is 48.5. The summed E-state index contributed by atoms with van der Waals surface area (Å²) in [6.07, 6.45) is -3.07. The maximum atomic E-state index is 12.9. The molecule has 2 aromatic rings. The molecule has 0 aliphatic carbocycles. The van der Waals surface area contributed by atoms with Gasteiger partial charge in [-0.25, -0.2) is 4.79 Å². The summed E-state index contributed by atoms with van der Waals surface area (Å²) >= 11 is 4.64. The topological polar surface area (TPSA) is 61.5 Å². The molecule has 2 N–H and O–H groups in total. The number of methoxy groups -OCH3 is 1. The predicted octanol–water partition coefficient (Wildman–Crippen LogP) is 4.72. The molecule has 0 unspecified atom stereocenters. The van der Waals surface area contributed by atoms with Gasteiger partial charge in [-0.1, -0.05) is 12.1 Å². The Bertz CT molecular complexity index is 705. The minimum absolute atomic E-state index is 0.0180. The average Bonchev–Trinajstić information content (AvgIpc) is 2.57. The van der Waals surface area contributed by atoms with E-state index >= 15 is 0 Å². The van der Waals surface area contributed by atoms with Crippen molar-refractivity contribution in [3.63, 3.8) is 0 Å². The highest BCUT2D eigenvalue weighted by molar-refractivity contribution is 6.15. The first kappa shape index (κ1) is 19.6. The summed E-state index contributed by atoms with van der Waals surface area (Å²) in [6.45, 7) is 0. The Labute approximate surface area is 141 Å². The number of alkyl halides is 4. The number of rotatable bonds is 3. The molecule has 0 saturated carbocycles. The fourth-order valence-electron chi connectivity index (χ4n) is 1.80. The smallest absolute Gasteiger partial charge is 0.419 e. The largest absolute Gasteiger partial charge is 0.465 e. The molecule has 24 heavy (non-hydrogen) atoms. The third kappa shape index (κ3) is 4.79. The molecule has 0 bridgehead atoms. The van der Waals surface area contributed by atoms with Crippen LogP contribution < -0.4 is 10.5 Å². The van der Waals surface area contributed by atoms with Crippen LogP contribution in [0.5, 0.6) is 11.5 Å². The van der Waals surface area contributed by atoms with E-state index in [0.29, 0.717) is 0 Å². The average molecular weight is 362 g/mol. The van der Waals surface area contributed by atoms with E-state index in [-0.39, 0.29) is 22.7 Å². The minimum Gasteiger partial charge on any atom is -0.465 e. The van der Waals surface area contributed by atoms with E-state index in [0.717, 1.165) is 6.07 Å². The van der Waals surface area contributed by atoms with Crippen LogP contribution in [0.1, 0.15) is 15.9 Å². The number of hydrogen-bond donors (Lipinski definition) is 1. The molecular formula is C16H15ClF3NO3. The Morgan fingerprint density at radius 2 is 1.75 bits per heavy atom. The van der Waals surface area contributed by atoms with Crippen molar-refractivity contribution >= 4 is 23.3 Å². The number of ether oxygens (including phenoxy) is 2. The first-order valence-electron chi connectivity index (χ1n) is 6.52. The molecular weight excluding hydrogens is 347 g/mol. The maximum Gasteiger partial charge on any atom is 0.419 e. The Balaban J connectivity index is 0.00000139. The Hall–Kier alpha value is -2.41. The number of para-hydroxylation sites is 1. The molecule has 0 aromatic heterocycles. The van der Waals surface area contributed by atoms with E-state index in [1.807, 2.05) is 0 Å². The van der Waals surface area contributed by atoms with E-state index in [2.05, 4.69) is 16.3 Å². The van der Waals surface area contributed by atoms with Gasteiger partial charge < -0.3 is 15.2 Å². The van der Waals surface area contributed by atoms with Crippen LogP contribution in [-0.4, -0.2) is 19.5 Å². The van der Waals surface area contributed by atoms with Crippen LogP contribution in [0.25, 0.3) is 0 Å². The molecule has 0 amide bonds. The SMILES string of the molecule is CCl.COC(=O)c1cc(Oc2ccccc2C(F)(F)F)ccc1N. The van der Waals surface area contributed by atoms with Gasteiger partial charge in [0.15, 0.2) is 0 Å². The number of esters is 1. The van der Waals surface area contributed by atoms with Crippen LogP contribution in [0.2, 0.25) is 0 Å². The number of carbonyl (C=O) groups is 1. The van der Waals surface area contributed by atoms with Gasteiger partial charge in [0, 0.05) is 12.1 Å². The maximum absolute atomic E-state index is 12.9. The standard InChI is InChI=1S/C15H12F3NO3.CH3Cl/c1-21-14(20)10-8-9(6-7-12(10)19)22-13-5-3-2-4-11(13)15(16,17)18;1-2/h2-8H,19H2,1H3;1H3. The van der Waals surface area contributed by atoms with Crippen LogP contribution >= 0.6 is 11.6 Å². The van der Waals surface area contributed by atoms with Crippen molar-refractivity contribution in [3.05, 3.63) is 53.6 Å². The van der Waals surface area contributed by atoms with Gasteiger partial charge in [-0.3, -0.25) is 0 Å². The van der Waals surface area contributed by atoms with Crippen molar-refractivity contribution in [1.82, 2.24) is 0 Å². The van der Waals surface area contributed by atoms with Gasteiger partial charge in [0.05, 0.1) is 18.2 Å². The molecule has 0 radical (unpaired) electrons. The summed E-state index contributed by atoms with van der Waals surface area (Å²) in [5.41, 5.74) is 4.87. The number of hydrogen-bond acceptors (Lipinski definition) is 4. The molecule has 0 aliphatic heterocycles. The summed E-state index contributed by atoms with van der Waals surface area (Å²) in [6, 6.07) is 8.74. The van der Waals surface area contributed by atoms with Crippen molar-refractivity contribution in [3.8, 4) is 11.5 Å². The highest BCUT2D eigenvalue weighted by Crippen LogP contribution is 2.38. The molecule has 0 saturated heterocycles. The van der Waals surface area contributed by atoms with E-state index in [1.165, 1.54) is 49.9 Å². The second-order valence-electron chi connectivity index (χ2n) is 4.34. The summed E-state index contributed by atoms with van der Waals surface area (Å²) in [5.74, 6) is -1.02. The Kier molecular flexibility index (Phi) is 6.91. The molecule has 4 nitrogen and oxygen atoms in total. The zero-order chi connectivity index (χ0) is 18.3. The fraction of sp³-hybridized carbons (Fsp3) is 0.188. The van der Waals surface area contributed by atoms with Gasteiger partial charge in [-0.15, -0.1) is 11.6 Å². The van der Waals surface area contributed by atoms with Crippen LogP contribution in [-0.2, 0) is 10.9 Å². The molecule has 0 fully saturated rings. The third-order valence-electron chi connectivity index (χ3n) is 2.85. The lowest BCUT2D eigenvalue weighted by atomic mass is 10.1. The molecule has 0 atom stereocenters. The van der Waals surface area contributed by atoms with Crippen molar-refractivity contribution in [2.75, 3.05) is 19.2 Å². The van der Waals surface area contributed by atoms with Gasteiger partial charge in [-0.2, -0.15) is 13.2 Å². The molecule has 0 spiro atoms. The van der Waals surface area contributed by atoms with Crippen LogP contribution in [0.15, 0.2) is 42.5 Å². The number of halogens is 4. The first-order chi connectivity index (χ1) is 11.3. The zero-order valence-electron chi connectivity index (χ0n) is 12.9. The lowest BCUT2D eigenvalue weighted by Crippen LogP contribution is -2.08. The zero-order valence-corrected chi connectivity index (χ0v) is 13.6. The molecule has 0 heterocycles. The van der Waals surface area contributed by atoms with Crippen molar-refractivity contribution < 1.29 is 27.4 Å². The molecule has 130 valence electrons. The molecule has 2 aromatic carbocycles. The Morgan fingerprint density at radius 1 is 1.12 bits per heavy atom. The number of carbonyl (C=O) groups excluding carboxylic acids is 1. The van der Waals surface area contributed by atoms with E-state index < -0.39 is 17.7 Å². The molecule has 0 aliphatic rings. The highest BCUT2D eigenvalue weighted by atomic mass is 35.5. The lowest BCUT2D eigenvalue weighted by molar-refractivity contribution is -0.138. The lowest BCUT2D eigenvalue weighted by Gasteiger charge is -2.14. The number of benzene rings is 2. The van der Waals surface area contributed by atoms with Gasteiger partial charge in [0.1, 0.15) is 11.5 Å². The van der Waals surface area contributed by atoms with E-state index in [1.54, 1.807) is 0 Å². The monoisotopic (exact) mass is 361 g/mol. The van der Waals surface area contributed by atoms with Crippen LogP contribution in [0, 0.1) is 0 Å². The third-order valence-corrected chi connectivity index (χ3v) is 2.85. The number of anilines is 1. The fourth-order valence-corrected chi connectivity index (χ4v) is 1.80.